The fourth-order valence-corrected chi connectivity index (χ4v) is 3.62. The summed E-state index contributed by atoms with van der Waals surface area (Å²) in [6.45, 7) is 3.71. The number of rotatable bonds is 4. The Morgan fingerprint density at radius 3 is 2.86 bits per heavy atom. The first kappa shape index (κ1) is 14.3. The minimum atomic E-state index is -0.273. The maximum absolute atomic E-state index is 11.9. The van der Waals surface area contributed by atoms with Crippen LogP contribution in [-0.2, 0) is 4.74 Å². The van der Waals surface area contributed by atoms with Gasteiger partial charge in [0.1, 0.15) is 0 Å². The molecule has 0 atom stereocenters. The molecule has 1 heterocycles. The summed E-state index contributed by atoms with van der Waals surface area (Å²) in [7, 11) is 0. The predicted molar refractivity (Wildman–Crippen MR) is 86.1 cm³/mol. The van der Waals surface area contributed by atoms with Crippen LogP contribution in [0.4, 0.5) is 5.13 Å². The maximum atomic E-state index is 11.9. The van der Waals surface area contributed by atoms with E-state index >= 15 is 0 Å². The Hall–Kier alpha value is -1.62. The molecule has 5 heteroatoms. The van der Waals surface area contributed by atoms with Crippen molar-refractivity contribution in [2.45, 2.75) is 51.7 Å². The molecule has 0 radical (unpaired) electrons. The topological polar surface area (TPSA) is 51.2 Å². The normalized spacial score (nSPS) is 15.8. The molecule has 112 valence electrons. The van der Waals surface area contributed by atoms with E-state index in [2.05, 4.69) is 10.3 Å². The third-order valence-corrected chi connectivity index (χ3v) is 4.60. The number of carbonyl (C=O) groups excluding carboxylic acids is 1. The Balaban J connectivity index is 1.79. The number of esters is 1. The van der Waals surface area contributed by atoms with E-state index in [1.165, 1.54) is 25.7 Å². The van der Waals surface area contributed by atoms with E-state index in [9.17, 15) is 4.79 Å². The Labute approximate surface area is 128 Å². The van der Waals surface area contributed by atoms with Crippen molar-refractivity contribution < 1.29 is 9.53 Å². The summed E-state index contributed by atoms with van der Waals surface area (Å²) in [5, 5.41) is 4.45. The van der Waals surface area contributed by atoms with E-state index in [1.807, 2.05) is 26.0 Å². The predicted octanol–water partition coefficient (Wildman–Crippen LogP) is 4.22. The van der Waals surface area contributed by atoms with Crippen molar-refractivity contribution in [3.8, 4) is 0 Å². The average molecular weight is 304 g/mol. The van der Waals surface area contributed by atoms with Crippen molar-refractivity contribution in [1.29, 1.82) is 0 Å². The molecule has 1 aliphatic carbocycles. The molecule has 4 nitrogen and oxygen atoms in total. The molecule has 1 aromatic heterocycles. The van der Waals surface area contributed by atoms with Gasteiger partial charge in [0.25, 0.3) is 0 Å². The van der Waals surface area contributed by atoms with Gasteiger partial charge >= 0.3 is 5.97 Å². The zero-order chi connectivity index (χ0) is 14.8. The molecule has 2 aromatic rings. The standard InChI is InChI=1S/C16H20N2O2S/c1-10(2)20-15(19)11-7-8-13-14(9-11)21-16(18-13)17-12-5-3-4-6-12/h7-10,12H,3-6H2,1-2H3,(H,17,18). The highest BCUT2D eigenvalue weighted by Crippen LogP contribution is 2.30. The van der Waals surface area contributed by atoms with Crippen molar-refractivity contribution in [3.63, 3.8) is 0 Å². The third-order valence-electron chi connectivity index (χ3n) is 3.65. The second-order valence-electron chi connectivity index (χ2n) is 5.78. The minimum absolute atomic E-state index is 0.103. The maximum Gasteiger partial charge on any atom is 0.338 e. The van der Waals surface area contributed by atoms with Crippen LogP contribution in [0.1, 0.15) is 49.9 Å². The van der Waals surface area contributed by atoms with Crippen LogP contribution in [0.2, 0.25) is 0 Å². The number of ether oxygens (including phenoxy) is 1. The molecule has 1 aliphatic rings. The lowest BCUT2D eigenvalue weighted by Crippen LogP contribution is -2.13. The molecule has 0 unspecified atom stereocenters. The number of aromatic nitrogens is 1. The third kappa shape index (κ3) is 3.35. The Kier molecular flexibility index (Phi) is 4.10. The summed E-state index contributed by atoms with van der Waals surface area (Å²) in [4.78, 5) is 16.5. The van der Waals surface area contributed by atoms with Gasteiger partial charge in [-0.1, -0.05) is 24.2 Å². The average Bonchev–Trinajstić information content (AvgIpc) is 3.05. The summed E-state index contributed by atoms with van der Waals surface area (Å²) in [6.07, 6.45) is 4.94. The summed E-state index contributed by atoms with van der Waals surface area (Å²) < 4.78 is 6.25. The largest absolute Gasteiger partial charge is 0.459 e. The molecular formula is C16H20N2O2S. The van der Waals surface area contributed by atoms with Gasteiger partial charge in [0.2, 0.25) is 0 Å². The SMILES string of the molecule is CC(C)OC(=O)c1ccc2nc(NC3CCCC3)sc2c1. The summed E-state index contributed by atoms with van der Waals surface area (Å²) in [5.41, 5.74) is 1.52. The van der Waals surface area contributed by atoms with Crippen LogP contribution in [0.5, 0.6) is 0 Å². The number of anilines is 1. The second kappa shape index (κ2) is 6.02. The lowest BCUT2D eigenvalue weighted by atomic mass is 10.2. The minimum Gasteiger partial charge on any atom is -0.459 e. The van der Waals surface area contributed by atoms with E-state index in [-0.39, 0.29) is 12.1 Å². The molecule has 1 fully saturated rings. The second-order valence-corrected chi connectivity index (χ2v) is 6.81. The molecule has 0 bridgehead atoms. The van der Waals surface area contributed by atoms with Gasteiger partial charge in [0, 0.05) is 6.04 Å². The number of hydrogen-bond donors (Lipinski definition) is 1. The van der Waals surface area contributed by atoms with Crippen molar-refractivity contribution in [3.05, 3.63) is 23.8 Å². The molecule has 1 saturated carbocycles. The first-order valence-electron chi connectivity index (χ1n) is 7.50. The van der Waals surface area contributed by atoms with Crippen LogP contribution in [0.15, 0.2) is 18.2 Å². The quantitative estimate of drug-likeness (QED) is 0.859. The van der Waals surface area contributed by atoms with E-state index in [0.29, 0.717) is 11.6 Å². The summed E-state index contributed by atoms with van der Waals surface area (Å²) in [6, 6.07) is 6.10. The van der Waals surface area contributed by atoms with Crippen LogP contribution < -0.4 is 5.32 Å². The summed E-state index contributed by atoms with van der Waals surface area (Å²) in [5.74, 6) is -0.273. The first-order valence-corrected chi connectivity index (χ1v) is 8.31. The van der Waals surface area contributed by atoms with E-state index in [1.54, 1.807) is 17.4 Å². The van der Waals surface area contributed by atoms with E-state index in [4.69, 9.17) is 4.74 Å². The smallest absolute Gasteiger partial charge is 0.338 e. The number of nitrogens with one attached hydrogen (secondary N) is 1. The molecule has 3 rings (SSSR count). The van der Waals surface area contributed by atoms with Crippen LogP contribution in [0.3, 0.4) is 0 Å². The zero-order valence-electron chi connectivity index (χ0n) is 12.4. The monoisotopic (exact) mass is 304 g/mol. The van der Waals surface area contributed by atoms with Gasteiger partial charge in [-0.15, -0.1) is 0 Å². The molecule has 0 amide bonds. The highest BCUT2D eigenvalue weighted by Gasteiger charge is 2.17. The van der Waals surface area contributed by atoms with E-state index < -0.39 is 0 Å². The van der Waals surface area contributed by atoms with Gasteiger partial charge < -0.3 is 10.1 Å². The van der Waals surface area contributed by atoms with Crippen LogP contribution in [0.25, 0.3) is 10.2 Å². The van der Waals surface area contributed by atoms with Gasteiger partial charge in [-0.05, 0) is 44.9 Å². The molecule has 1 aromatic carbocycles. The van der Waals surface area contributed by atoms with Gasteiger partial charge in [0.05, 0.1) is 21.9 Å². The van der Waals surface area contributed by atoms with Crippen molar-refractivity contribution in [2.24, 2.45) is 0 Å². The summed E-state index contributed by atoms with van der Waals surface area (Å²) >= 11 is 1.60. The van der Waals surface area contributed by atoms with Crippen molar-refractivity contribution in [1.82, 2.24) is 4.98 Å². The lowest BCUT2D eigenvalue weighted by molar-refractivity contribution is 0.0378. The van der Waals surface area contributed by atoms with Crippen molar-refractivity contribution in [2.75, 3.05) is 5.32 Å². The number of thiazole rings is 1. The molecule has 0 aliphatic heterocycles. The molecule has 0 saturated heterocycles. The van der Waals surface area contributed by atoms with Crippen LogP contribution in [0, 0.1) is 0 Å². The zero-order valence-corrected chi connectivity index (χ0v) is 13.2. The highest BCUT2D eigenvalue weighted by atomic mass is 32.1. The number of hydrogen-bond acceptors (Lipinski definition) is 5. The first-order chi connectivity index (χ1) is 10.1. The Morgan fingerprint density at radius 1 is 1.38 bits per heavy atom. The van der Waals surface area contributed by atoms with Crippen molar-refractivity contribution >= 4 is 32.7 Å². The highest BCUT2D eigenvalue weighted by molar-refractivity contribution is 7.22. The number of nitrogens with zero attached hydrogens (tertiary/aromatic N) is 1. The number of benzene rings is 1. The van der Waals surface area contributed by atoms with Gasteiger partial charge in [-0.25, -0.2) is 9.78 Å². The number of carbonyl (C=O) groups is 1. The van der Waals surface area contributed by atoms with Gasteiger partial charge in [-0.2, -0.15) is 0 Å². The lowest BCUT2D eigenvalue weighted by Gasteiger charge is -2.09. The fraction of sp³-hybridized carbons (Fsp3) is 0.500. The molecule has 21 heavy (non-hydrogen) atoms. The molecule has 1 N–H and O–H groups in total. The van der Waals surface area contributed by atoms with Gasteiger partial charge in [-0.3, -0.25) is 0 Å². The van der Waals surface area contributed by atoms with Crippen LogP contribution >= 0.6 is 11.3 Å². The van der Waals surface area contributed by atoms with Crippen LogP contribution in [-0.4, -0.2) is 23.1 Å². The van der Waals surface area contributed by atoms with Gasteiger partial charge in [0.15, 0.2) is 5.13 Å². The molecule has 0 spiro atoms. The van der Waals surface area contributed by atoms with E-state index in [0.717, 1.165) is 15.3 Å². The Bertz CT molecular complexity index is 645. The Morgan fingerprint density at radius 2 is 2.14 bits per heavy atom. The fourth-order valence-electron chi connectivity index (χ4n) is 2.64. The molecular weight excluding hydrogens is 284 g/mol. The number of fused-ring (bicyclic) bond motifs is 1.